The van der Waals surface area contributed by atoms with Gasteiger partial charge in [0.2, 0.25) is 0 Å². The molecule has 0 heterocycles. The smallest absolute Gasteiger partial charge is 0.435 e. The van der Waals surface area contributed by atoms with Crippen molar-refractivity contribution in [1.82, 2.24) is 5.32 Å². The Labute approximate surface area is 145 Å². The van der Waals surface area contributed by atoms with E-state index in [1.807, 2.05) is 5.32 Å². The molecular weight excluding hydrogens is 391 g/mol. The summed E-state index contributed by atoms with van der Waals surface area (Å²) in [5.74, 6) is 0. The van der Waals surface area contributed by atoms with Crippen molar-refractivity contribution in [3.05, 3.63) is 40.6 Å². The molecule has 1 amide bonds. The summed E-state index contributed by atoms with van der Waals surface area (Å²) in [5, 5.41) is 1.98. The van der Waals surface area contributed by atoms with Crippen LogP contribution in [0.4, 0.5) is 23.7 Å². The van der Waals surface area contributed by atoms with Crippen LogP contribution in [0.2, 0.25) is 0 Å². The molecule has 132 valence electrons. The van der Waals surface area contributed by atoms with Gasteiger partial charge in [-0.3, -0.25) is 5.32 Å². The van der Waals surface area contributed by atoms with Crippen molar-refractivity contribution in [3.8, 4) is 0 Å². The minimum Gasteiger partial charge on any atom is -0.444 e. The summed E-state index contributed by atoms with van der Waals surface area (Å²) in [6.45, 7) is 4.74. The number of alkyl carbamates (subject to hydrolysis) is 1. The van der Waals surface area contributed by atoms with Gasteiger partial charge < -0.3 is 10.5 Å². The Bertz CT molecular complexity index is 665. The standard InChI is InChI=1S/C15H17BrF3N3O2/c1-14(2,3)24-13(23)22-11(8-20)12(15(17,18)19)21-10-7-5-4-6-9(10)16/h4-8H,20H2,1-3H3,(H,22,23). The van der Waals surface area contributed by atoms with E-state index in [2.05, 4.69) is 20.9 Å². The molecule has 24 heavy (non-hydrogen) atoms. The van der Waals surface area contributed by atoms with Crippen molar-refractivity contribution in [1.29, 1.82) is 0 Å². The molecule has 1 aromatic rings. The molecule has 0 saturated carbocycles. The lowest BCUT2D eigenvalue weighted by Crippen LogP contribution is -2.38. The van der Waals surface area contributed by atoms with Gasteiger partial charge in [-0.1, -0.05) is 12.1 Å². The van der Waals surface area contributed by atoms with Crippen molar-refractivity contribution in [2.24, 2.45) is 10.7 Å². The molecule has 9 heteroatoms. The first kappa shape index (κ1) is 20.0. The van der Waals surface area contributed by atoms with Gasteiger partial charge in [0.1, 0.15) is 5.60 Å². The first-order chi connectivity index (χ1) is 10.9. The highest BCUT2D eigenvalue weighted by Gasteiger charge is 2.39. The molecule has 0 bridgehead atoms. The number of benzene rings is 1. The number of hydrogen-bond donors (Lipinski definition) is 2. The van der Waals surface area contributed by atoms with Crippen molar-refractivity contribution < 1.29 is 22.7 Å². The summed E-state index contributed by atoms with van der Waals surface area (Å²) < 4.78 is 45.3. The number of rotatable bonds is 3. The third-order valence-electron chi connectivity index (χ3n) is 2.41. The fourth-order valence-electron chi connectivity index (χ4n) is 1.53. The highest BCUT2D eigenvalue weighted by Crippen LogP contribution is 2.29. The molecule has 1 rings (SSSR count). The van der Waals surface area contributed by atoms with E-state index in [4.69, 9.17) is 10.5 Å². The molecule has 5 nitrogen and oxygen atoms in total. The van der Waals surface area contributed by atoms with Gasteiger partial charge in [-0.15, -0.1) is 0 Å². The maximum absolute atomic E-state index is 13.3. The number of nitrogens with two attached hydrogens (primary N) is 1. The van der Waals surface area contributed by atoms with E-state index >= 15 is 0 Å². The average molecular weight is 408 g/mol. The first-order valence-electron chi connectivity index (χ1n) is 6.76. The molecule has 0 radical (unpaired) electrons. The summed E-state index contributed by atoms with van der Waals surface area (Å²) >= 11 is 3.12. The van der Waals surface area contributed by atoms with Crippen LogP contribution in [-0.4, -0.2) is 23.6 Å². The van der Waals surface area contributed by atoms with Crippen molar-refractivity contribution in [2.75, 3.05) is 0 Å². The van der Waals surface area contributed by atoms with E-state index in [1.165, 1.54) is 12.1 Å². The summed E-state index contributed by atoms with van der Waals surface area (Å²) in [5.41, 5.74) is 2.37. The lowest BCUT2D eigenvalue weighted by molar-refractivity contribution is -0.0584. The molecule has 0 aromatic heterocycles. The molecule has 0 aliphatic carbocycles. The van der Waals surface area contributed by atoms with Crippen LogP contribution in [0, 0.1) is 0 Å². The first-order valence-corrected chi connectivity index (χ1v) is 7.56. The highest BCUT2D eigenvalue weighted by molar-refractivity contribution is 9.10. The summed E-state index contributed by atoms with van der Waals surface area (Å²) in [4.78, 5) is 15.3. The fraction of sp³-hybridized carbons (Fsp3) is 0.333. The van der Waals surface area contributed by atoms with Gasteiger partial charge in [-0.2, -0.15) is 13.2 Å². The Morgan fingerprint density at radius 2 is 1.88 bits per heavy atom. The summed E-state index contributed by atoms with van der Waals surface area (Å²) in [6, 6.07) is 6.09. The maximum Gasteiger partial charge on any atom is 0.435 e. The van der Waals surface area contributed by atoms with Crippen LogP contribution in [0.15, 0.2) is 45.6 Å². The molecule has 0 aliphatic heterocycles. The molecule has 1 aromatic carbocycles. The van der Waals surface area contributed by atoms with Gasteiger partial charge in [0, 0.05) is 10.7 Å². The zero-order valence-electron chi connectivity index (χ0n) is 13.2. The second-order valence-corrected chi connectivity index (χ2v) is 6.47. The van der Waals surface area contributed by atoms with Gasteiger partial charge in [0.15, 0.2) is 5.71 Å². The van der Waals surface area contributed by atoms with Gasteiger partial charge in [-0.25, -0.2) is 9.79 Å². The minimum absolute atomic E-state index is 0.0372. The molecule has 0 spiro atoms. The molecule has 3 N–H and O–H groups in total. The van der Waals surface area contributed by atoms with E-state index in [-0.39, 0.29) is 5.69 Å². The van der Waals surface area contributed by atoms with Gasteiger partial charge in [0.25, 0.3) is 0 Å². The zero-order chi connectivity index (χ0) is 18.5. The minimum atomic E-state index is -4.84. The van der Waals surface area contributed by atoms with Gasteiger partial charge >= 0.3 is 12.3 Å². The number of allylic oxidation sites excluding steroid dienone is 1. The van der Waals surface area contributed by atoms with E-state index in [1.54, 1.807) is 32.9 Å². The number of carbonyl (C=O) groups is 1. The number of ether oxygens (including phenoxy) is 1. The molecule has 0 fully saturated rings. The third kappa shape index (κ3) is 6.23. The largest absolute Gasteiger partial charge is 0.444 e. The highest BCUT2D eigenvalue weighted by atomic mass is 79.9. The monoisotopic (exact) mass is 407 g/mol. The average Bonchev–Trinajstić information content (AvgIpc) is 2.41. The normalized spacial score (nSPS) is 13.6. The molecule has 0 unspecified atom stereocenters. The Kier molecular flexibility index (Phi) is 6.42. The fourth-order valence-corrected chi connectivity index (χ4v) is 1.91. The number of amides is 1. The van der Waals surface area contributed by atoms with Crippen LogP contribution in [0.3, 0.4) is 0 Å². The van der Waals surface area contributed by atoms with Crippen LogP contribution in [0.25, 0.3) is 0 Å². The van der Waals surface area contributed by atoms with Crippen LogP contribution < -0.4 is 11.1 Å². The lowest BCUT2D eigenvalue weighted by atomic mass is 10.2. The number of para-hydroxylation sites is 1. The van der Waals surface area contributed by atoms with Gasteiger partial charge in [0.05, 0.1) is 11.4 Å². The Morgan fingerprint density at radius 1 is 1.29 bits per heavy atom. The Hall–Kier alpha value is -2.03. The lowest BCUT2D eigenvalue weighted by Gasteiger charge is -2.21. The van der Waals surface area contributed by atoms with E-state index in [0.29, 0.717) is 10.7 Å². The van der Waals surface area contributed by atoms with E-state index in [0.717, 1.165) is 0 Å². The number of nitrogens with one attached hydrogen (secondary N) is 1. The number of alkyl halides is 3. The summed E-state index contributed by atoms with van der Waals surface area (Å²) in [6.07, 6.45) is -5.29. The predicted octanol–water partition coefficient (Wildman–Crippen LogP) is 4.41. The molecule has 0 atom stereocenters. The molecular formula is C15H17BrF3N3O2. The number of carbonyl (C=O) groups excluding carboxylic acids is 1. The summed E-state index contributed by atoms with van der Waals surface area (Å²) in [7, 11) is 0. The number of hydrogen-bond acceptors (Lipinski definition) is 4. The third-order valence-corrected chi connectivity index (χ3v) is 3.08. The van der Waals surface area contributed by atoms with Crippen LogP contribution in [0.5, 0.6) is 0 Å². The van der Waals surface area contributed by atoms with Crippen molar-refractivity contribution in [2.45, 2.75) is 32.5 Å². The quantitative estimate of drug-likeness (QED) is 0.728. The molecule has 0 saturated heterocycles. The number of aliphatic imine (C=N–C) groups is 1. The Morgan fingerprint density at radius 3 is 2.33 bits per heavy atom. The second kappa shape index (κ2) is 7.69. The van der Waals surface area contributed by atoms with Gasteiger partial charge in [-0.05, 0) is 48.8 Å². The number of halogens is 4. The van der Waals surface area contributed by atoms with Crippen LogP contribution in [-0.2, 0) is 4.74 Å². The van der Waals surface area contributed by atoms with E-state index < -0.39 is 29.3 Å². The van der Waals surface area contributed by atoms with Crippen LogP contribution in [0.1, 0.15) is 20.8 Å². The predicted molar refractivity (Wildman–Crippen MR) is 88.9 cm³/mol. The van der Waals surface area contributed by atoms with Crippen LogP contribution >= 0.6 is 15.9 Å². The SMILES string of the molecule is CC(C)(C)OC(=O)NC(=CN)C(=Nc1ccccc1Br)C(F)(F)F. The Balaban J connectivity index is 3.20. The topological polar surface area (TPSA) is 76.7 Å². The van der Waals surface area contributed by atoms with Crippen molar-refractivity contribution in [3.63, 3.8) is 0 Å². The molecule has 0 aliphatic rings. The zero-order valence-corrected chi connectivity index (χ0v) is 14.8. The van der Waals surface area contributed by atoms with E-state index in [9.17, 15) is 18.0 Å². The second-order valence-electron chi connectivity index (χ2n) is 5.62. The maximum atomic E-state index is 13.3. The van der Waals surface area contributed by atoms with Crippen molar-refractivity contribution >= 4 is 33.4 Å². The number of nitrogens with zero attached hydrogens (tertiary/aromatic N) is 1.